The Hall–Kier alpha value is -1.99. The van der Waals surface area contributed by atoms with Crippen LogP contribution in [0.5, 0.6) is 11.8 Å². The molecule has 0 aliphatic heterocycles. The van der Waals surface area contributed by atoms with Crippen LogP contribution in [0.1, 0.15) is 11.1 Å². The molecule has 104 valence electrons. The van der Waals surface area contributed by atoms with Gasteiger partial charge in [-0.15, -0.1) is 0 Å². The van der Waals surface area contributed by atoms with Gasteiger partial charge in [0.05, 0.1) is 4.92 Å². The van der Waals surface area contributed by atoms with E-state index in [4.69, 9.17) is 27.9 Å². The number of nitrogens with zero attached hydrogens (tertiary/aromatic N) is 4. The Balaban J connectivity index is 2.39. The molecule has 0 radical (unpaired) electrons. The SMILES string of the molecule is Cc1cc([N+](=O)[O-])c(C)cc1Oc1nc(Cl)nc(Cl)n1. The molecule has 0 aliphatic rings. The molecule has 1 aromatic heterocycles. The van der Waals surface area contributed by atoms with Gasteiger partial charge in [0.15, 0.2) is 0 Å². The van der Waals surface area contributed by atoms with Crippen LogP contribution in [0.3, 0.4) is 0 Å². The zero-order valence-corrected chi connectivity index (χ0v) is 11.9. The number of rotatable bonds is 3. The minimum Gasteiger partial charge on any atom is -0.424 e. The van der Waals surface area contributed by atoms with E-state index < -0.39 is 4.92 Å². The molecule has 0 unspecified atom stereocenters. The van der Waals surface area contributed by atoms with Gasteiger partial charge in [-0.25, -0.2) is 0 Å². The van der Waals surface area contributed by atoms with E-state index >= 15 is 0 Å². The molecule has 0 saturated carbocycles. The van der Waals surface area contributed by atoms with E-state index in [1.54, 1.807) is 13.8 Å². The van der Waals surface area contributed by atoms with Gasteiger partial charge in [-0.05, 0) is 48.7 Å². The second kappa shape index (κ2) is 5.56. The van der Waals surface area contributed by atoms with Crippen molar-refractivity contribution in [3.8, 4) is 11.8 Å². The monoisotopic (exact) mass is 314 g/mol. The van der Waals surface area contributed by atoms with Crippen molar-refractivity contribution in [1.82, 2.24) is 15.0 Å². The van der Waals surface area contributed by atoms with Crippen molar-refractivity contribution in [2.45, 2.75) is 13.8 Å². The molecule has 1 heterocycles. The molecule has 0 bridgehead atoms. The van der Waals surface area contributed by atoms with Crippen molar-refractivity contribution in [3.05, 3.63) is 43.9 Å². The molecule has 2 aromatic rings. The average Bonchev–Trinajstić information content (AvgIpc) is 2.31. The number of nitro groups is 1. The van der Waals surface area contributed by atoms with Gasteiger partial charge in [-0.3, -0.25) is 10.1 Å². The summed E-state index contributed by atoms with van der Waals surface area (Å²) in [4.78, 5) is 21.5. The highest BCUT2D eigenvalue weighted by atomic mass is 35.5. The van der Waals surface area contributed by atoms with Gasteiger partial charge in [0.25, 0.3) is 5.69 Å². The van der Waals surface area contributed by atoms with E-state index in [2.05, 4.69) is 15.0 Å². The molecule has 7 nitrogen and oxygen atoms in total. The van der Waals surface area contributed by atoms with E-state index in [0.29, 0.717) is 16.9 Å². The van der Waals surface area contributed by atoms with Gasteiger partial charge in [0.2, 0.25) is 10.6 Å². The van der Waals surface area contributed by atoms with E-state index in [0.717, 1.165) is 0 Å². The summed E-state index contributed by atoms with van der Waals surface area (Å²) in [5, 5.41) is 10.6. The van der Waals surface area contributed by atoms with Crippen molar-refractivity contribution < 1.29 is 9.66 Å². The second-order valence-electron chi connectivity index (χ2n) is 3.92. The first kappa shape index (κ1) is 14.4. The molecule has 9 heteroatoms. The van der Waals surface area contributed by atoms with Gasteiger partial charge >= 0.3 is 6.01 Å². The van der Waals surface area contributed by atoms with E-state index in [1.165, 1.54) is 12.1 Å². The summed E-state index contributed by atoms with van der Waals surface area (Å²) in [6, 6.07) is 2.86. The molecule has 0 fully saturated rings. The number of benzene rings is 1. The molecule has 0 aliphatic carbocycles. The van der Waals surface area contributed by atoms with Crippen LogP contribution in [0.15, 0.2) is 12.1 Å². The zero-order chi connectivity index (χ0) is 14.9. The Kier molecular flexibility index (Phi) is 4.01. The Labute approximate surface area is 123 Å². The molecule has 1 aromatic carbocycles. The number of ether oxygens (including phenoxy) is 1. The standard InChI is InChI=1S/C11H8Cl2N4O3/c1-5-4-8(6(2)3-7(5)17(18)19)20-11-15-9(12)14-10(13)16-11/h3-4H,1-2H3. The summed E-state index contributed by atoms with van der Waals surface area (Å²) >= 11 is 11.3. The number of aryl methyl sites for hydroxylation is 2. The molecule has 2 rings (SSSR count). The van der Waals surface area contributed by atoms with E-state index in [1.807, 2.05) is 0 Å². The van der Waals surface area contributed by atoms with Crippen molar-refractivity contribution in [2.75, 3.05) is 0 Å². The van der Waals surface area contributed by atoms with Crippen molar-refractivity contribution >= 4 is 28.9 Å². The average molecular weight is 315 g/mol. The Morgan fingerprint density at radius 2 is 1.70 bits per heavy atom. The first-order valence-electron chi connectivity index (χ1n) is 5.37. The highest BCUT2D eigenvalue weighted by molar-refractivity contribution is 6.31. The van der Waals surface area contributed by atoms with Crippen LogP contribution in [0.25, 0.3) is 0 Å². The number of nitro benzene ring substituents is 1. The maximum Gasteiger partial charge on any atom is 0.327 e. The Morgan fingerprint density at radius 3 is 2.25 bits per heavy atom. The van der Waals surface area contributed by atoms with Crippen molar-refractivity contribution in [2.24, 2.45) is 0 Å². The summed E-state index contributed by atoms with van der Waals surface area (Å²) in [5.41, 5.74) is 1.04. The number of halogens is 2. The summed E-state index contributed by atoms with van der Waals surface area (Å²) < 4.78 is 5.43. The Bertz CT molecular complexity index is 673. The third-order valence-corrected chi connectivity index (χ3v) is 2.79. The molecular formula is C11H8Cl2N4O3. The van der Waals surface area contributed by atoms with Crippen molar-refractivity contribution in [3.63, 3.8) is 0 Å². The first-order chi connectivity index (χ1) is 9.36. The lowest BCUT2D eigenvalue weighted by Gasteiger charge is -2.08. The normalized spacial score (nSPS) is 10.4. The molecule has 0 atom stereocenters. The third kappa shape index (κ3) is 3.12. The highest BCUT2D eigenvalue weighted by Crippen LogP contribution is 2.30. The smallest absolute Gasteiger partial charge is 0.327 e. The molecule has 0 saturated heterocycles. The topological polar surface area (TPSA) is 91.0 Å². The van der Waals surface area contributed by atoms with Gasteiger partial charge in [-0.1, -0.05) is 0 Å². The van der Waals surface area contributed by atoms with E-state index in [-0.39, 0.29) is 22.3 Å². The number of aromatic nitrogens is 3. The lowest BCUT2D eigenvalue weighted by molar-refractivity contribution is -0.385. The van der Waals surface area contributed by atoms with Crippen LogP contribution < -0.4 is 4.74 Å². The van der Waals surface area contributed by atoms with Crippen molar-refractivity contribution in [1.29, 1.82) is 0 Å². The molecule has 0 amide bonds. The van der Waals surface area contributed by atoms with E-state index in [9.17, 15) is 10.1 Å². The maximum atomic E-state index is 10.8. The van der Waals surface area contributed by atoms with Crippen LogP contribution in [0.2, 0.25) is 10.6 Å². The molecular weight excluding hydrogens is 307 g/mol. The fourth-order valence-electron chi connectivity index (χ4n) is 1.53. The largest absolute Gasteiger partial charge is 0.424 e. The van der Waals surface area contributed by atoms with Crippen LogP contribution >= 0.6 is 23.2 Å². The third-order valence-electron chi connectivity index (χ3n) is 2.45. The van der Waals surface area contributed by atoms with Gasteiger partial charge in [0, 0.05) is 11.6 Å². The zero-order valence-electron chi connectivity index (χ0n) is 10.4. The second-order valence-corrected chi connectivity index (χ2v) is 4.60. The lowest BCUT2D eigenvalue weighted by atomic mass is 10.1. The van der Waals surface area contributed by atoms with Crippen LogP contribution in [-0.2, 0) is 0 Å². The predicted octanol–water partition coefficient (Wildman–Crippen LogP) is 3.50. The number of hydrogen-bond acceptors (Lipinski definition) is 6. The quantitative estimate of drug-likeness (QED) is 0.636. The minimum atomic E-state index is -0.456. The van der Waals surface area contributed by atoms with Gasteiger partial charge in [-0.2, -0.15) is 15.0 Å². The predicted molar refractivity (Wildman–Crippen MR) is 72.5 cm³/mol. The summed E-state index contributed by atoms with van der Waals surface area (Å²) in [6.45, 7) is 3.28. The molecule has 0 spiro atoms. The fraction of sp³-hybridized carbons (Fsp3) is 0.182. The molecule has 0 N–H and O–H groups in total. The van der Waals surface area contributed by atoms with Crippen LogP contribution in [0, 0.1) is 24.0 Å². The summed E-state index contributed by atoms with van der Waals surface area (Å²) in [6.07, 6.45) is 0. The van der Waals surface area contributed by atoms with Crippen LogP contribution in [-0.4, -0.2) is 19.9 Å². The summed E-state index contributed by atoms with van der Waals surface area (Å²) in [7, 11) is 0. The minimum absolute atomic E-state index is 0.0153. The summed E-state index contributed by atoms with van der Waals surface area (Å²) in [5.74, 6) is 0.381. The maximum absolute atomic E-state index is 10.8. The number of hydrogen-bond donors (Lipinski definition) is 0. The fourth-order valence-corrected chi connectivity index (χ4v) is 1.88. The lowest BCUT2D eigenvalue weighted by Crippen LogP contribution is -1.98. The van der Waals surface area contributed by atoms with Gasteiger partial charge in [0.1, 0.15) is 5.75 Å². The first-order valence-corrected chi connectivity index (χ1v) is 6.13. The van der Waals surface area contributed by atoms with Crippen LogP contribution in [0.4, 0.5) is 5.69 Å². The Morgan fingerprint density at radius 1 is 1.10 bits per heavy atom. The van der Waals surface area contributed by atoms with Gasteiger partial charge < -0.3 is 4.74 Å². The highest BCUT2D eigenvalue weighted by Gasteiger charge is 2.15. The molecule has 20 heavy (non-hydrogen) atoms.